The van der Waals surface area contributed by atoms with Gasteiger partial charge in [0.2, 0.25) is 5.91 Å². The summed E-state index contributed by atoms with van der Waals surface area (Å²) in [5, 5.41) is 12.1. The number of aromatic nitrogens is 1. The van der Waals surface area contributed by atoms with Crippen molar-refractivity contribution in [3.05, 3.63) is 59.0 Å². The van der Waals surface area contributed by atoms with Crippen molar-refractivity contribution in [3.63, 3.8) is 0 Å². The van der Waals surface area contributed by atoms with E-state index in [-0.39, 0.29) is 23.9 Å². The van der Waals surface area contributed by atoms with E-state index in [4.69, 9.17) is 10.00 Å². The van der Waals surface area contributed by atoms with Crippen molar-refractivity contribution < 1.29 is 13.9 Å². The second-order valence-electron chi connectivity index (χ2n) is 6.96. The summed E-state index contributed by atoms with van der Waals surface area (Å²) in [4.78, 5) is 17.7. The summed E-state index contributed by atoms with van der Waals surface area (Å²) >= 11 is 0. The van der Waals surface area contributed by atoms with Gasteiger partial charge in [0, 0.05) is 25.7 Å². The van der Waals surface area contributed by atoms with Gasteiger partial charge in [0.15, 0.2) is 0 Å². The van der Waals surface area contributed by atoms with Gasteiger partial charge in [0.05, 0.1) is 18.7 Å². The van der Waals surface area contributed by atoms with Gasteiger partial charge in [-0.05, 0) is 48.7 Å². The van der Waals surface area contributed by atoms with Crippen LogP contribution < -0.4 is 5.32 Å². The molecule has 1 N–H and O–H groups in total. The van der Waals surface area contributed by atoms with Crippen molar-refractivity contribution in [3.8, 4) is 6.07 Å². The molecule has 0 bridgehead atoms. The Morgan fingerprint density at radius 2 is 2.29 bits per heavy atom. The number of halogens is 1. The third-order valence-electron chi connectivity index (χ3n) is 4.78. The van der Waals surface area contributed by atoms with Crippen molar-refractivity contribution >= 4 is 11.7 Å². The summed E-state index contributed by atoms with van der Waals surface area (Å²) in [6.07, 6.45) is 1.80. The van der Waals surface area contributed by atoms with E-state index >= 15 is 0 Å². The molecular formula is C21H23FN4O2. The van der Waals surface area contributed by atoms with Crippen LogP contribution in [-0.4, -0.2) is 41.5 Å². The summed E-state index contributed by atoms with van der Waals surface area (Å²) in [7, 11) is 0. The van der Waals surface area contributed by atoms with Crippen LogP contribution in [0.5, 0.6) is 0 Å². The number of anilines is 1. The lowest BCUT2D eigenvalue weighted by atomic mass is 9.96. The fraction of sp³-hybridized carbons (Fsp3) is 0.381. The van der Waals surface area contributed by atoms with Gasteiger partial charge in [-0.25, -0.2) is 9.37 Å². The Hall–Kier alpha value is -2.98. The fourth-order valence-corrected chi connectivity index (χ4v) is 3.37. The van der Waals surface area contributed by atoms with E-state index in [1.165, 1.54) is 18.3 Å². The van der Waals surface area contributed by atoms with Gasteiger partial charge < -0.3 is 15.0 Å². The third kappa shape index (κ3) is 4.84. The molecule has 0 aliphatic carbocycles. The molecule has 2 heterocycles. The topological polar surface area (TPSA) is 78.2 Å². The van der Waals surface area contributed by atoms with Gasteiger partial charge in [0.1, 0.15) is 23.8 Å². The zero-order valence-corrected chi connectivity index (χ0v) is 16.0. The highest BCUT2D eigenvalue weighted by atomic mass is 19.1. The highest BCUT2D eigenvalue weighted by Gasteiger charge is 2.26. The monoisotopic (exact) mass is 382 g/mol. The van der Waals surface area contributed by atoms with E-state index in [9.17, 15) is 9.18 Å². The third-order valence-corrected chi connectivity index (χ3v) is 4.78. The molecule has 1 aromatic heterocycles. The van der Waals surface area contributed by atoms with Crippen LogP contribution in [0.2, 0.25) is 0 Å². The Bertz CT molecular complexity index is 879. The molecule has 1 aliphatic heterocycles. The molecular weight excluding hydrogens is 359 g/mol. The summed E-state index contributed by atoms with van der Waals surface area (Å²) in [5.74, 6) is 0.363. The van der Waals surface area contributed by atoms with E-state index in [0.29, 0.717) is 37.5 Å². The number of amides is 1. The summed E-state index contributed by atoms with van der Waals surface area (Å²) in [6, 6.07) is 10.1. The van der Waals surface area contributed by atoms with Gasteiger partial charge in [-0.2, -0.15) is 5.26 Å². The van der Waals surface area contributed by atoms with Crippen molar-refractivity contribution in [2.45, 2.75) is 32.4 Å². The molecule has 0 radical (unpaired) electrons. The Balaban J connectivity index is 1.74. The standard InChI is InChI=1S/C21H23FN4O2/c1-14(25-21-6-3-16(11-23)12-24-21)9-17-10-18(22)4-5-19(17)20-13-26(15(2)27)7-8-28-20/h3-6,10,12,14,20H,7-9,13H2,1-2H3,(H,24,25)/t14-,20+/m0/s1. The van der Waals surface area contributed by atoms with Crippen LogP contribution in [0, 0.1) is 17.1 Å². The Morgan fingerprint density at radius 3 is 2.96 bits per heavy atom. The highest BCUT2D eigenvalue weighted by molar-refractivity contribution is 5.73. The number of rotatable bonds is 5. The molecule has 1 aliphatic rings. The van der Waals surface area contributed by atoms with E-state index in [2.05, 4.69) is 10.3 Å². The predicted octanol–water partition coefficient (Wildman–Crippen LogP) is 3.06. The van der Waals surface area contributed by atoms with Crippen LogP contribution >= 0.6 is 0 Å². The molecule has 0 spiro atoms. The van der Waals surface area contributed by atoms with Crippen molar-refractivity contribution in [2.75, 3.05) is 25.0 Å². The molecule has 146 valence electrons. The molecule has 1 aromatic carbocycles. The largest absolute Gasteiger partial charge is 0.370 e. The van der Waals surface area contributed by atoms with Crippen molar-refractivity contribution in [1.29, 1.82) is 5.26 Å². The van der Waals surface area contributed by atoms with E-state index in [1.807, 2.05) is 13.0 Å². The number of nitrogens with one attached hydrogen (secondary N) is 1. The number of nitrogens with zero attached hydrogens (tertiary/aromatic N) is 3. The average molecular weight is 382 g/mol. The molecule has 1 saturated heterocycles. The quantitative estimate of drug-likeness (QED) is 0.860. The number of nitriles is 1. The number of benzene rings is 1. The van der Waals surface area contributed by atoms with Crippen LogP contribution in [0.25, 0.3) is 0 Å². The number of pyridine rings is 1. The molecule has 0 unspecified atom stereocenters. The van der Waals surface area contributed by atoms with Crippen LogP contribution in [0.15, 0.2) is 36.5 Å². The highest BCUT2D eigenvalue weighted by Crippen LogP contribution is 2.27. The average Bonchev–Trinajstić information content (AvgIpc) is 2.68. The zero-order chi connectivity index (χ0) is 20.1. The second-order valence-corrected chi connectivity index (χ2v) is 6.96. The lowest BCUT2D eigenvalue weighted by Gasteiger charge is -2.33. The van der Waals surface area contributed by atoms with Crippen molar-refractivity contribution in [1.82, 2.24) is 9.88 Å². The van der Waals surface area contributed by atoms with Gasteiger partial charge in [-0.1, -0.05) is 6.07 Å². The minimum absolute atomic E-state index is 0.0129. The zero-order valence-electron chi connectivity index (χ0n) is 16.0. The van der Waals surface area contributed by atoms with Gasteiger partial charge in [-0.15, -0.1) is 0 Å². The molecule has 6 nitrogen and oxygen atoms in total. The molecule has 1 amide bonds. The Kier molecular flexibility index (Phi) is 6.22. The first-order valence-corrected chi connectivity index (χ1v) is 9.24. The molecule has 1 fully saturated rings. The van der Waals surface area contributed by atoms with Crippen LogP contribution in [0.3, 0.4) is 0 Å². The summed E-state index contributed by atoms with van der Waals surface area (Å²) in [5.41, 5.74) is 2.23. The maximum Gasteiger partial charge on any atom is 0.219 e. The Morgan fingerprint density at radius 1 is 1.46 bits per heavy atom. The van der Waals surface area contributed by atoms with Crippen LogP contribution in [-0.2, 0) is 16.0 Å². The lowest BCUT2D eigenvalue weighted by Crippen LogP contribution is -2.41. The molecule has 28 heavy (non-hydrogen) atoms. The van der Waals surface area contributed by atoms with E-state index in [0.717, 1.165) is 11.1 Å². The van der Waals surface area contributed by atoms with Crippen LogP contribution in [0.4, 0.5) is 10.2 Å². The van der Waals surface area contributed by atoms with Crippen LogP contribution in [0.1, 0.15) is 36.6 Å². The number of morpholine rings is 1. The maximum atomic E-state index is 13.9. The minimum Gasteiger partial charge on any atom is -0.370 e. The first kappa shape index (κ1) is 19.8. The van der Waals surface area contributed by atoms with Crippen molar-refractivity contribution in [2.24, 2.45) is 0 Å². The molecule has 0 saturated carbocycles. The predicted molar refractivity (Wildman–Crippen MR) is 103 cm³/mol. The first-order valence-electron chi connectivity index (χ1n) is 9.24. The first-order chi connectivity index (χ1) is 13.5. The normalized spacial score (nSPS) is 17.6. The number of ether oxygens (including phenoxy) is 1. The summed E-state index contributed by atoms with van der Waals surface area (Å²) < 4.78 is 19.8. The molecule has 7 heteroatoms. The fourth-order valence-electron chi connectivity index (χ4n) is 3.37. The van der Waals surface area contributed by atoms with Gasteiger partial charge in [0.25, 0.3) is 0 Å². The van der Waals surface area contributed by atoms with Gasteiger partial charge in [-0.3, -0.25) is 4.79 Å². The van der Waals surface area contributed by atoms with E-state index in [1.54, 1.807) is 30.0 Å². The van der Waals surface area contributed by atoms with Gasteiger partial charge >= 0.3 is 0 Å². The summed E-state index contributed by atoms with van der Waals surface area (Å²) in [6.45, 7) is 5.03. The van der Waals surface area contributed by atoms with E-state index < -0.39 is 0 Å². The number of hydrogen-bond acceptors (Lipinski definition) is 5. The molecule has 2 atom stereocenters. The number of hydrogen-bond donors (Lipinski definition) is 1. The molecule has 3 rings (SSSR count). The number of carbonyl (C=O) groups excluding carboxylic acids is 1. The minimum atomic E-state index is -0.304. The maximum absolute atomic E-state index is 13.9. The SMILES string of the molecule is CC(=O)N1CCO[C@@H](c2ccc(F)cc2C[C@H](C)Nc2ccc(C#N)cn2)C1. The second kappa shape index (κ2) is 8.81. The lowest BCUT2D eigenvalue weighted by molar-refractivity contribution is -0.136. The number of carbonyl (C=O) groups is 1. The Labute approximate surface area is 163 Å². The smallest absolute Gasteiger partial charge is 0.219 e. The molecule has 2 aromatic rings.